The third-order valence-corrected chi connectivity index (χ3v) is 4.66. The van der Waals surface area contributed by atoms with Crippen LogP contribution < -0.4 is 8.85 Å². The van der Waals surface area contributed by atoms with Crippen LogP contribution in [0.1, 0.15) is 22.3 Å². The molecule has 2 nitrogen and oxygen atoms in total. The summed E-state index contributed by atoms with van der Waals surface area (Å²) in [7, 11) is -1.95. The van der Waals surface area contributed by atoms with E-state index in [1.54, 1.807) is 0 Å². The monoisotopic (exact) mass is 222 g/mol. The zero-order valence-corrected chi connectivity index (χ0v) is 11.3. The van der Waals surface area contributed by atoms with Crippen molar-refractivity contribution >= 4 is 8.56 Å². The quantitative estimate of drug-likeness (QED) is 0.626. The summed E-state index contributed by atoms with van der Waals surface area (Å²) in [6, 6.07) is 0. The molecule has 0 spiro atoms. The molecule has 1 heterocycles. The first-order chi connectivity index (χ1) is 6.83. The number of hydrogen-bond donors (Lipinski definition) is 0. The summed E-state index contributed by atoms with van der Waals surface area (Å²) in [6.07, 6.45) is 0. The number of fused-ring (bicyclic) bond motifs is 1. The summed E-state index contributed by atoms with van der Waals surface area (Å²) >= 11 is 0. The van der Waals surface area contributed by atoms with Crippen LogP contribution in [0.3, 0.4) is 0 Å². The van der Waals surface area contributed by atoms with Crippen molar-refractivity contribution in [1.29, 1.82) is 0 Å². The molecule has 0 unspecified atom stereocenters. The van der Waals surface area contributed by atoms with Crippen molar-refractivity contribution in [3.8, 4) is 11.5 Å². The van der Waals surface area contributed by atoms with Crippen LogP contribution >= 0.6 is 0 Å². The molecule has 0 fully saturated rings. The fraction of sp³-hybridized carbons (Fsp3) is 0.500. The van der Waals surface area contributed by atoms with Gasteiger partial charge in [-0.2, -0.15) is 0 Å². The zero-order valence-electron chi connectivity index (χ0n) is 10.3. The molecule has 0 aliphatic carbocycles. The van der Waals surface area contributed by atoms with Gasteiger partial charge in [0.05, 0.1) is 0 Å². The van der Waals surface area contributed by atoms with E-state index in [4.69, 9.17) is 8.85 Å². The predicted molar refractivity (Wildman–Crippen MR) is 64.1 cm³/mol. The Bertz CT molecular complexity index is 397. The van der Waals surface area contributed by atoms with E-state index in [0.29, 0.717) is 0 Å². The molecule has 0 bridgehead atoms. The molecular weight excluding hydrogens is 204 g/mol. The Hall–Kier alpha value is -0.963. The Labute approximate surface area is 92.5 Å². The zero-order chi connectivity index (χ0) is 11.4. The van der Waals surface area contributed by atoms with Crippen LogP contribution in [0.15, 0.2) is 0 Å². The van der Waals surface area contributed by atoms with Crippen molar-refractivity contribution < 1.29 is 8.85 Å². The Balaban J connectivity index is 2.69. The standard InChI is InChI=1S/C12H18O2Si/c1-7-8(2)10(4)12-11(9(7)3)13-15(5,6)14-12/h1-6H3. The molecule has 1 aliphatic rings. The Morgan fingerprint density at radius 3 is 1.33 bits per heavy atom. The maximum Gasteiger partial charge on any atom is 0.454 e. The molecule has 2 rings (SSSR count). The third-order valence-electron chi connectivity index (χ3n) is 3.27. The van der Waals surface area contributed by atoms with E-state index in [0.717, 1.165) is 11.5 Å². The van der Waals surface area contributed by atoms with Crippen LogP contribution in [0.25, 0.3) is 0 Å². The molecule has 3 heteroatoms. The summed E-state index contributed by atoms with van der Waals surface area (Å²) < 4.78 is 11.9. The molecule has 0 N–H and O–H groups in total. The lowest BCUT2D eigenvalue weighted by atomic mass is 9.98. The van der Waals surface area contributed by atoms with Crippen LogP contribution in [0.4, 0.5) is 0 Å². The summed E-state index contributed by atoms with van der Waals surface area (Å²) in [5, 5.41) is 0. The maximum atomic E-state index is 5.96. The van der Waals surface area contributed by atoms with E-state index in [1.807, 2.05) is 0 Å². The highest BCUT2D eigenvalue weighted by Crippen LogP contribution is 2.45. The van der Waals surface area contributed by atoms with Gasteiger partial charge in [0.2, 0.25) is 0 Å². The van der Waals surface area contributed by atoms with E-state index in [1.165, 1.54) is 22.3 Å². The summed E-state index contributed by atoms with van der Waals surface area (Å²) in [4.78, 5) is 0. The molecular formula is C12H18O2Si. The fourth-order valence-electron chi connectivity index (χ4n) is 2.00. The molecule has 82 valence electrons. The average molecular weight is 222 g/mol. The van der Waals surface area contributed by atoms with Gasteiger partial charge in [-0.1, -0.05) is 0 Å². The van der Waals surface area contributed by atoms with Crippen molar-refractivity contribution in [3.63, 3.8) is 0 Å². The number of rotatable bonds is 0. The molecule has 1 aromatic rings. The van der Waals surface area contributed by atoms with E-state index in [-0.39, 0.29) is 0 Å². The van der Waals surface area contributed by atoms with Crippen molar-refractivity contribution in [2.24, 2.45) is 0 Å². The molecule has 0 radical (unpaired) electrons. The van der Waals surface area contributed by atoms with Crippen molar-refractivity contribution in [2.75, 3.05) is 0 Å². The molecule has 0 aromatic heterocycles. The van der Waals surface area contributed by atoms with Gasteiger partial charge in [-0.3, -0.25) is 0 Å². The van der Waals surface area contributed by atoms with Gasteiger partial charge in [0.15, 0.2) is 11.5 Å². The largest absolute Gasteiger partial charge is 0.509 e. The minimum Gasteiger partial charge on any atom is -0.509 e. The van der Waals surface area contributed by atoms with Crippen LogP contribution in [0.2, 0.25) is 13.1 Å². The van der Waals surface area contributed by atoms with Crippen LogP contribution in [0.5, 0.6) is 11.5 Å². The van der Waals surface area contributed by atoms with Gasteiger partial charge in [0, 0.05) is 13.1 Å². The molecule has 15 heavy (non-hydrogen) atoms. The van der Waals surface area contributed by atoms with Gasteiger partial charge >= 0.3 is 8.56 Å². The van der Waals surface area contributed by atoms with Crippen LogP contribution in [0, 0.1) is 27.7 Å². The van der Waals surface area contributed by atoms with Crippen LogP contribution in [-0.2, 0) is 0 Å². The molecule has 0 atom stereocenters. The average Bonchev–Trinajstić information content (AvgIpc) is 2.48. The molecule has 1 aliphatic heterocycles. The lowest BCUT2D eigenvalue weighted by Crippen LogP contribution is -2.37. The second-order valence-electron chi connectivity index (χ2n) is 4.76. The normalized spacial score (nSPS) is 16.9. The summed E-state index contributed by atoms with van der Waals surface area (Å²) in [5.74, 6) is 1.96. The SMILES string of the molecule is Cc1c(C)c(C)c2c(c1C)O[Si](C)(C)O2. The second-order valence-corrected chi connectivity index (χ2v) is 7.97. The van der Waals surface area contributed by atoms with Crippen molar-refractivity contribution in [1.82, 2.24) is 0 Å². The molecule has 0 saturated carbocycles. The molecule has 1 aromatic carbocycles. The third kappa shape index (κ3) is 1.46. The van der Waals surface area contributed by atoms with Gasteiger partial charge in [0.25, 0.3) is 0 Å². The lowest BCUT2D eigenvalue weighted by Gasteiger charge is -2.12. The van der Waals surface area contributed by atoms with E-state index >= 15 is 0 Å². The van der Waals surface area contributed by atoms with Crippen molar-refractivity contribution in [2.45, 2.75) is 40.8 Å². The van der Waals surface area contributed by atoms with Gasteiger partial charge in [-0.05, 0) is 49.9 Å². The fourth-order valence-corrected chi connectivity index (χ4v) is 3.52. The first-order valence-corrected chi connectivity index (χ1v) is 8.13. The second kappa shape index (κ2) is 3.01. The minimum atomic E-state index is -1.95. The van der Waals surface area contributed by atoms with E-state index in [9.17, 15) is 0 Å². The topological polar surface area (TPSA) is 18.5 Å². The van der Waals surface area contributed by atoms with Gasteiger partial charge in [0.1, 0.15) is 0 Å². The van der Waals surface area contributed by atoms with Crippen LogP contribution in [-0.4, -0.2) is 8.56 Å². The highest BCUT2D eigenvalue weighted by Gasteiger charge is 2.39. The summed E-state index contributed by atoms with van der Waals surface area (Å²) in [5.41, 5.74) is 5.10. The minimum absolute atomic E-state index is 0.979. The Kier molecular flexibility index (Phi) is 2.12. The van der Waals surface area contributed by atoms with Gasteiger partial charge in [-0.25, -0.2) is 0 Å². The first-order valence-electron chi connectivity index (χ1n) is 5.32. The molecule has 0 saturated heterocycles. The summed E-state index contributed by atoms with van der Waals surface area (Å²) in [6.45, 7) is 12.7. The first kappa shape index (κ1) is 10.6. The smallest absolute Gasteiger partial charge is 0.454 e. The highest BCUT2D eigenvalue weighted by atomic mass is 28.4. The van der Waals surface area contributed by atoms with E-state index in [2.05, 4.69) is 40.8 Å². The highest BCUT2D eigenvalue weighted by molar-refractivity contribution is 6.67. The Morgan fingerprint density at radius 1 is 0.667 bits per heavy atom. The Morgan fingerprint density at radius 2 is 1.00 bits per heavy atom. The van der Waals surface area contributed by atoms with E-state index < -0.39 is 8.56 Å². The lowest BCUT2D eigenvalue weighted by molar-refractivity contribution is 0.472. The van der Waals surface area contributed by atoms with Gasteiger partial charge in [-0.15, -0.1) is 0 Å². The molecule has 0 amide bonds. The van der Waals surface area contributed by atoms with Gasteiger partial charge < -0.3 is 8.85 Å². The van der Waals surface area contributed by atoms with Crippen molar-refractivity contribution in [3.05, 3.63) is 22.3 Å². The predicted octanol–water partition coefficient (Wildman–Crippen LogP) is 3.39. The number of hydrogen-bond acceptors (Lipinski definition) is 2. The number of benzene rings is 1. The maximum absolute atomic E-state index is 5.96.